The van der Waals surface area contributed by atoms with Crippen molar-refractivity contribution in [2.45, 2.75) is 46.1 Å². The lowest BCUT2D eigenvalue weighted by Gasteiger charge is -2.31. The normalized spacial score (nSPS) is 25.0. The van der Waals surface area contributed by atoms with Crippen molar-refractivity contribution < 1.29 is 9.47 Å². The summed E-state index contributed by atoms with van der Waals surface area (Å²) in [5.41, 5.74) is 1.67. The van der Waals surface area contributed by atoms with Gasteiger partial charge in [0.2, 0.25) is 0 Å². The number of ether oxygens (including phenoxy) is 2. The number of guanidine groups is 1. The van der Waals surface area contributed by atoms with E-state index in [-0.39, 0.29) is 29.4 Å². The Hall–Kier alpha value is -0.340. The second kappa shape index (κ2) is 10.6. The lowest BCUT2D eigenvalue weighted by molar-refractivity contribution is 0.00801. The largest absolute Gasteiger partial charge is 0.377 e. The Kier molecular flexibility index (Phi) is 9.59. The highest BCUT2D eigenvalue weighted by atomic mass is 127. The summed E-state index contributed by atoms with van der Waals surface area (Å²) in [4.78, 5) is 4.33. The molecule has 1 fully saturated rings. The molecule has 1 saturated heterocycles. The van der Waals surface area contributed by atoms with Crippen LogP contribution in [0.2, 0.25) is 0 Å². The first-order valence-corrected chi connectivity index (χ1v) is 8.82. The highest BCUT2D eigenvalue weighted by molar-refractivity contribution is 14.0. The number of nitrogens with one attached hydrogen (secondary N) is 2. The second-order valence-corrected chi connectivity index (χ2v) is 7.52. The second-order valence-electron chi connectivity index (χ2n) is 7.52. The van der Waals surface area contributed by atoms with Crippen molar-refractivity contribution in [3.63, 3.8) is 0 Å². The third-order valence-corrected chi connectivity index (χ3v) is 4.62. The SMILES string of the molecule is CN=C(NCCC1=CCOCC1)NCC1CCOC1C(C)(C)C.I. The van der Waals surface area contributed by atoms with E-state index in [1.54, 1.807) is 0 Å². The van der Waals surface area contributed by atoms with Gasteiger partial charge < -0.3 is 20.1 Å². The molecule has 0 bridgehead atoms. The number of aliphatic imine (C=N–C) groups is 1. The van der Waals surface area contributed by atoms with Crippen LogP contribution in [0.5, 0.6) is 0 Å². The maximum Gasteiger partial charge on any atom is 0.190 e. The quantitative estimate of drug-likeness (QED) is 0.292. The van der Waals surface area contributed by atoms with Gasteiger partial charge >= 0.3 is 0 Å². The van der Waals surface area contributed by atoms with Gasteiger partial charge in [-0.25, -0.2) is 0 Å². The third kappa shape index (κ3) is 6.88. The molecule has 140 valence electrons. The maximum absolute atomic E-state index is 5.94. The molecule has 2 aliphatic heterocycles. The molecule has 2 rings (SSSR count). The van der Waals surface area contributed by atoms with E-state index >= 15 is 0 Å². The monoisotopic (exact) mass is 451 g/mol. The number of halogens is 1. The number of rotatable bonds is 5. The Morgan fingerprint density at radius 3 is 2.71 bits per heavy atom. The molecular weight excluding hydrogens is 417 g/mol. The Balaban J connectivity index is 0.00000288. The molecule has 24 heavy (non-hydrogen) atoms. The van der Waals surface area contributed by atoms with Crippen LogP contribution < -0.4 is 10.6 Å². The Morgan fingerprint density at radius 1 is 1.29 bits per heavy atom. The van der Waals surface area contributed by atoms with E-state index in [4.69, 9.17) is 9.47 Å². The number of hydrogen-bond acceptors (Lipinski definition) is 3. The summed E-state index contributed by atoms with van der Waals surface area (Å²) >= 11 is 0. The van der Waals surface area contributed by atoms with Crippen molar-refractivity contribution in [3.05, 3.63) is 11.6 Å². The summed E-state index contributed by atoms with van der Waals surface area (Å²) in [6.07, 6.45) is 5.76. The van der Waals surface area contributed by atoms with Crippen molar-refractivity contribution in [2.24, 2.45) is 16.3 Å². The van der Waals surface area contributed by atoms with Gasteiger partial charge in [0.25, 0.3) is 0 Å². The minimum atomic E-state index is 0. The topological polar surface area (TPSA) is 54.9 Å². The number of hydrogen-bond donors (Lipinski definition) is 2. The summed E-state index contributed by atoms with van der Waals surface area (Å²) in [6, 6.07) is 0. The smallest absolute Gasteiger partial charge is 0.190 e. The van der Waals surface area contributed by atoms with Crippen LogP contribution in [0, 0.1) is 11.3 Å². The lowest BCUT2D eigenvalue weighted by Crippen LogP contribution is -2.43. The first-order valence-electron chi connectivity index (χ1n) is 8.82. The third-order valence-electron chi connectivity index (χ3n) is 4.62. The molecule has 2 unspecified atom stereocenters. The Bertz CT molecular complexity index is 432. The summed E-state index contributed by atoms with van der Waals surface area (Å²) < 4.78 is 11.3. The van der Waals surface area contributed by atoms with Crippen molar-refractivity contribution in [3.8, 4) is 0 Å². The molecule has 2 heterocycles. The molecule has 0 aromatic rings. The zero-order chi connectivity index (χ0) is 16.7. The van der Waals surface area contributed by atoms with Crippen LogP contribution in [-0.2, 0) is 9.47 Å². The average molecular weight is 451 g/mol. The predicted molar refractivity (Wildman–Crippen MR) is 110 cm³/mol. The zero-order valence-electron chi connectivity index (χ0n) is 15.6. The van der Waals surface area contributed by atoms with E-state index in [0.717, 1.165) is 58.1 Å². The van der Waals surface area contributed by atoms with Crippen LogP contribution in [-0.4, -0.2) is 52.0 Å². The van der Waals surface area contributed by atoms with Crippen LogP contribution in [0.3, 0.4) is 0 Å². The maximum atomic E-state index is 5.94. The van der Waals surface area contributed by atoms with Gasteiger partial charge in [0, 0.05) is 32.7 Å². The molecule has 0 aromatic carbocycles. The molecule has 2 atom stereocenters. The molecule has 6 heteroatoms. The van der Waals surface area contributed by atoms with Crippen molar-refractivity contribution >= 4 is 29.9 Å². The van der Waals surface area contributed by atoms with Crippen LogP contribution in [0.1, 0.15) is 40.0 Å². The molecule has 0 aromatic heterocycles. The van der Waals surface area contributed by atoms with E-state index in [1.807, 2.05) is 7.05 Å². The summed E-state index contributed by atoms with van der Waals surface area (Å²) in [6.45, 7) is 11.1. The Labute approximate surface area is 164 Å². The van der Waals surface area contributed by atoms with Gasteiger partial charge in [0.05, 0.1) is 19.3 Å². The van der Waals surface area contributed by atoms with Crippen LogP contribution in [0.15, 0.2) is 16.6 Å². The summed E-state index contributed by atoms with van der Waals surface area (Å²) in [5.74, 6) is 1.43. The van der Waals surface area contributed by atoms with E-state index in [0.29, 0.717) is 12.0 Å². The lowest BCUT2D eigenvalue weighted by atomic mass is 9.81. The van der Waals surface area contributed by atoms with Crippen LogP contribution in [0.25, 0.3) is 0 Å². The molecule has 0 aliphatic carbocycles. The van der Waals surface area contributed by atoms with Crippen LogP contribution >= 0.6 is 24.0 Å². The van der Waals surface area contributed by atoms with E-state index in [1.165, 1.54) is 5.57 Å². The fraction of sp³-hybridized carbons (Fsp3) is 0.833. The molecule has 5 nitrogen and oxygen atoms in total. The zero-order valence-corrected chi connectivity index (χ0v) is 17.9. The Morgan fingerprint density at radius 2 is 2.08 bits per heavy atom. The number of nitrogens with zero attached hydrogens (tertiary/aromatic N) is 1. The highest BCUT2D eigenvalue weighted by Gasteiger charge is 2.37. The molecule has 0 radical (unpaired) electrons. The van der Waals surface area contributed by atoms with Gasteiger partial charge in [-0.1, -0.05) is 32.4 Å². The summed E-state index contributed by atoms with van der Waals surface area (Å²) in [7, 11) is 1.83. The first-order chi connectivity index (χ1) is 11.0. The van der Waals surface area contributed by atoms with E-state index < -0.39 is 0 Å². The molecule has 0 saturated carbocycles. The first kappa shape index (κ1) is 21.7. The standard InChI is InChI=1S/C18H33N3O2.HI/c1-18(2,3)16-15(8-12-23-16)13-21-17(19-4)20-9-5-14-6-10-22-11-7-14;/h6,15-16H,5,7-13H2,1-4H3,(H2,19,20,21);1H. The summed E-state index contributed by atoms with van der Waals surface area (Å²) in [5, 5.41) is 6.88. The van der Waals surface area contributed by atoms with Crippen LogP contribution in [0.4, 0.5) is 0 Å². The van der Waals surface area contributed by atoms with Crippen molar-refractivity contribution in [1.29, 1.82) is 0 Å². The van der Waals surface area contributed by atoms with Crippen molar-refractivity contribution in [1.82, 2.24) is 10.6 Å². The molecule has 2 N–H and O–H groups in total. The van der Waals surface area contributed by atoms with Gasteiger partial charge in [-0.2, -0.15) is 0 Å². The molecule has 0 spiro atoms. The van der Waals surface area contributed by atoms with Gasteiger partial charge in [-0.3, -0.25) is 4.99 Å². The predicted octanol–water partition coefficient (Wildman–Crippen LogP) is 2.96. The minimum absolute atomic E-state index is 0. The van der Waals surface area contributed by atoms with Crippen molar-refractivity contribution in [2.75, 3.05) is 40.0 Å². The van der Waals surface area contributed by atoms with Gasteiger partial charge in [-0.05, 0) is 24.7 Å². The fourth-order valence-corrected chi connectivity index (χ4v) is 3.38. The van der Waals surface area contributed by atoms with Gasteiger partial charge in [0.1, 0.15) is 0 Å². The molecular formula is C18H34IN3O2. The molecule has 2 aliphatic rings. The fourth-order valence-electron chi connectivity index (χ4n) is 3.38. The highest BCUT2D eigenvalue weighted by Crippen LogP contribution is 2.34. The average Bonchev–Trinajstić information content (AvgIpc) is 3.00. The van der Waals surface area contributed by atoms with Gasteiger partial charge in [0.15, 0.2) is 5.96 Å². The molecule has 0 amide bonds. The van der Waals surface area contributed by atoms with E-state index in [2.05, 4.69) is 42.5 Å². The minimum Gasteiger partial charge on any atom is -0.377 e. The van der Waals surface area contributed by atoms with Gasteiger partial charge in [-0.15, -0.1) is 24.0 Å². The van der Waals surface area contributed by atoms with E-state index in [9.17, 15) is 0 Å².